The fourth-order valence-electron chi connectivity index (χ4n) is 2.03. The Kier molecular flexibility index (Phi) is 3.56. The molecule has 15 heavy (non-hydrogen) atoms. The highest BCUT2D eigenvalue weighted by atomic mass is 16.5. The van der Waals surface area contributed by atoms with E-state index in [0.717, 1.165) is 31.8 Å². The highest BCUT2D eigenvalue weighted by molar-refractivity contribution is 5.10. The van der Waals surface area contributed by atoms with Gasteiger partial charge in [0, 0.05) is 24.7 Å². The monoisotopic (exact) mass is 206 g/mol. The highest BCUT2D eigenvalue weighted by Crippen LogP contribution is 2.20. The van der Waals surface area contributed by atoms with Gasteiger partial charge in [0.1, 0.15) is 6.10 Å². The number of aromatic nitrogens is 1. The Morgan fingerprint density at radius 2 is 2.47 bits per heavy atom. The number of nitrogens with zero attached hydrogens (tertiary/aromatic N) is 1. The van der Waals surface area contributed by atoms with Crippen LogP contribution in [0.2, 0.25) is 0 Å². The molecule has 0 saturated carbocycles. The summed E-state index contributed by atoms with van der Waals surface area (Å²) in [4.78, 5) is 4.20. The Morgan fingerprint density at radius 1 is 1.53 bits per heavy atom. The molecule has 0 bridgehead atoms. The fraction of sp³-hybridized carbons (Fsp3) is 0.583. The van der Waals surface area contributed by atoms with Crippen LogP contribution in [0.3, 0.4) is 0 Å². The van der Waals surface area contributed by atoms with E-state index in [1.54, 1.807) is 6.20 Å². The second-order valence-electron chi connectivity index (χ2n) is 3.99. The predicted octanol–water partition coefficient (Wildman–Crippen LogP) is 1.85. The second-order valence-corrected chi connectivity index (χ2v) is 3.99. The van der Waals surface area contributed by atoms with Crippen LogP contribution in [0.5, 0.6) is 5.88 Å². The maximum Gasteiger partial charge on any atom is 0.213 e. The van der Waals surface area contributed by atoms with Crippen LogP contribution in [0.25, 0.3) is 0 Å². The van der Waals surface area contributed by atoms with Crippen molar-refractivity contribution >= 4 is 0 Å². The summed E-state index contributed by atoms with van der Waals surface area (Å²) in [5.41, 5.74) is 0. The van der Waals surface area contributed by atoms with Crippen LogP contribution in [0.4, 0.5) is 0 Å². The van der Waals surface area contributed by atoms with Crippen molar-refractivity contribution in [2.45, 2.75) is 25.9 Å². The minimum Gasteiger partial charge on any atom is -0.474 e. The number of ether oxygens (including phenoxy) is 1. The fourth-order valence-corrected chi connectivity index (χ4v) is 2.03. The van der Waals surface area contributed by atoms with Gasteiger partial charge in [-0.15, -0.1) is 0 Å². The smallest absolute Gasteiger partial charge is 0.213 e. The zero-order valence-corrected chi connectivity index (χ0v) is 9.15. The first kappa shape index (κ1) is 10.4. The lowest BCUT2D eigenvalue weighted by Crippen LogP contribution is -2.42. The summed E-state index contributed by atoms with van der Waals surface area (Å²) >= 11 is 0. The SMILES string of the molecule is CC[C@@H]1CNCC[C@H]1Oc1ccccn1. The van der Waals surface area contributed by atoms with Gasteiger partial charge < -0.3 is 10.1 Å². The van der Waals surface area contributed by atoms with Crippen molar-refractivity contribution in [2.24, 2.45) is 5.92 Å². The third-order valence-electron chi connectivity index (χ3n) is 2.97. The van der Waals surface area contributed by atoms with Crippen LogP contribution in [-0.2, 0) is 0 Å². The molecule has 3 nitrogen and oxygen atoms in total. The Labute approximate surface area is 90.9 Å². The van der Waals surface area contributed by atoms with E-state index in [-0.39, 0.29) is 0 Å². The van der Waals surface area contributed by atoms with Crippen LogP contribution >= 0.6 is 0 Å². The molecule has 3 heteroatoms. The van der Waals surface area contributed by atoms with E-state index in [9.17, 15) is 0 Å². The maximum atomic E-state index is 5.91. The number of pyridine rings is 1. The molecule has 1 aliphatic rings. The number of hydrogen-bond acceptors (Lipinski definition) is 3. The summed E-state index contributed by atoms with van der Waals surface area (Å²) in [5.74, 6) is 1.36. The quantitative estimate of drug-likeness (QED) is 0.819. The zero-order valence-electron chi connectivity index (χ0n) is 9.15. The first-order valence-electron chi connectivity index (χ1n) is 5.68. The van der Waals surface area contributed by atoms with E-state index in [1.807, 2.05) is 18.2 Å². The van der Waals surface area contributed by atoms with Gasteiger partial charge in [-0.3, -0.25) is 0 Å². The molecule has 0 aliphatic carbocycles. The molecular weight excluding hydrogens is 188 g/mol. The van der Waals surface area contributed by atoms with E-state index < -0.39 is 0 Å². The van der Waals surface area contributed by atoms with Crippen LogP contribution in [0.15, 0.2) is 24.4 Å². The molecule has 2 heterocycles. The Morgan fingerprint density at radius 3 is 3.20 bits per heavy atom. The summed E-state index contributed by atoms with van der Waals surface area (Å²) in [7, 11) is 0. The van der Waals surface area contributed by atoms with Crippen molar-refractivity contribution in [3.8, 4) is 5.88 Å². The molecule has 0 radical (unpaired) electrons. The van der Waals surface area contributed by atoms with Gasteiger partial charge in [0.15, 0.2) is 0 Å². The summed E-state index contributed by atoms with van der Waals surface area (Å²) < 4.78 is 5.91. The number of piperidine rings is 1. The van der Waals surface area contributed by atoms with E-state index in [4.69, 9.17) is 4.74 Å². The molecule has 0 spiro atoms. The average Bonchev–Trinajstić information content (AvgIpc) is 2.31. The maximum absolute atomic E-state index is 5.91. The molecule has 1 aliphatic heterocycles. The molecule has 1 saturated heterocycles. The molecule has 0 amide bonds. The molecule has 82 valence electrons. The summed E-state index contributed by atoms with van der Waals surface area (Å²) in [6, 6.07) is 5.80. The lowest BCUT2D eigenvalue weighted by molar-refractivity contribution is 0.0952. The molecule has 0 unspecified atom stereocenters. The van der Waals surface area contributed by atoms with Crippen molar-refractivity contribution < 1.29 is 4.74 Å². The van der Waals surface area contributed by atoms with Gasteiger partial charge in [-0.25, -0.2) is 4.98 Å². The Hall–Kier alpha value is -1.09. The van der Waals surface area contributed by atoms with E-state index in [2.05, 4.69) is 17.2 Å². The van der Waals surface area contributed by atoms with Crippen molar-refractivity contribution in [2.75, 3.05) is 13.1 Å². The van der Waals surface area contributed by atoms with Gasteiger partial charge in [0.2, 0.25) is 5.88 Å². The largest absolute Gasteiger partial charge is 0.474 e. The third kappa shape index (κ3) is 2.69. The van der Waals surface area contributed by atoms with Gasteiger partial charge in [-0.1, -0.05) is 13.0 Å². The summed E-state index contributed by atoms with van der Waals surface area (Å²) in [6.45, 7) is 4.33. The molecule has 2 rings (SSSR count). The summed E-state index contributed by atoms with van der Waals surface area (Å²) in [5, 5.41) is 3.40. The zero-order chi connectivity index (χ0) is 10.5. The Bertz CT molecular complexity index is 289. The molecule has 1 aromatic rings. The average molecular weight is 206 g/mol. The molecule has 1 N–H and O–H groups in total. The molecule has 1 aromatic heterocycles. The van der Waals surface area contributed by atoms with Gasteiger partial charge in [-0.05, 0) is 25.5 Å². The first-order valence-corrected chi connectivity index (χ1v) is 5.68. The van der Waals surface area contributed by atoms with Crippen molar-refractivity contribution in [3.63, 3.8) is 0 Å². The highest BCUT2D eigenvalue weighted by Gasteiger charge is 2.25. The molecular formula is C12H18N2O. The molecule has 2 atom stereocenters. The second kappa shape index (κ2) is 5.12. The standard InChI is InChI=1S/C12H18N2O/c1-2-10-9-13-8-6-11(10)15-12-5-3-4-7-14-12/h3-5,7,10-11,13H,2,6,8-9H2,1H3/t10-,11-/m1/s1. The normalized spacial score (nSPS) is 26.2. The minimum absolute atomic E-state index is 0.325. The predicted molar refractivity (Wildman–Crippen MR) is 59.9 cm³/mol. The van der Waals surface area contributed by atoms with Gasteiger partial charge in [0.05, 0.1) is 0 Å². The Balaban J connectivity index is 1.97. The van der Waals surface area contributed by atoms with Gasteiger partial charge in [0.25, 0.3) is 0 Å². The molecule has 1 fully saturated rings. The number of rotatable bonds is 3. The van der Waals surface area contributed by atoms with Crippen LogP contribution in [0, 0.1) is 5.92 Å². The van der Waals surface area contributed by atoms with Crippen LogP contribution < -0.4 is 10.1 Å². The number of nitrogens with one attached hydrogen (secondary N) is 1. The van der Waals surface area contributed by atoms with Crippen molar-refractivity contribution in [1.29, 1.82) is 0 Å². The van der Waals surface area contributed by atoms with E-state index in [1.165, 1.54) is 0 Å². The number of hydrogen-bond donors (Lipinski definition) is 1. The van der Waals surface area contributed by atoms with Gasteiger partial charge >= 0.3 is 0 Å². The van der Waals surface area contributed by atoms with Crippen LogP contribution in [-0.4, -0.2) is 24.2 Å². The minimum atomic E-state index is 0.325. The lowest BCUT2D eigenvalue weighted by Gasteiger charge is -2.31. The topological polar surface area (TPSA) is 34.1 Å². The van der Waals surface area contributed by atoms with Crippen molar-refractivity contribution in [3.05, 3.63) is 24.4 Å². The summed E-state index contributed by atoms with van der Waals surface area (Å²) in [6.07, 6.45) is 4.34. The van der Waals surface area contributed by atoms with E-state index >= 15 is 0 Å². The van der Waals surface area contributed by atoms with E-state index in [0.29, 0.717) is 12.0 Å². The van der Waals surface area contributed by atoms with Gasteiger partial charge in [-0.2, -0.15) is 0 Å². The van der Waals surface area contributed by atoms with Crippen molar-refractivity contribution in [1.82, 2.24) is 10.3 Å². The first-order chi connectivity index (χ1) is 7.40. The molecule has 0 aromatic carbocycles. The third-order valence-corrected chi connectivity index (χ3v) is 2.97. The van der Waals surface area contributed by atoms with Crippen LogP contribution in [0.1, 0.15) is 19.8 Å². The lowest BCUT2D eigenvalue weighted by atomic mass is 9.93.